The Bertz CT molecular complexity index is 558. The number of carbonyl (C=O) groups is 1. The molecule has 0 aliphatic carbocycles. The molecule has 1 aliphatic heterocycles. The topological polar surface area (TPSA) is 82.0 Å². The van der Waals surface area contributed by atoms with E-state index in [9.17, 15) is 15.0 Å². The Kier molecular flexibility index (Phi) is 5.52. The number of benzene rings is 1. The normalized spacial score (nSPS) is 25.8. The summed E-state index contributed by atoms with van der Waals surface area (Å²) in [5, 5.41) is 23.8. The highest BCUT2D eigenvalue weighted by molar-refractivity contribution is 6.42. The van der Waals surface area contributed by atoms with Crippen LogP contribution in [0.5, 0.6) is 0 Å². The Labute approximate surface area is 138 Å². The lowest BCUT2D eigenvalue weighted by molar-refractivity contribution is -0.0964. The number of β-amino-alcohol motifs (C(OH)–C–C–N with tert-alkyl or cyclic N) is 1. The van der Waals surface area contributed by atoms with Gasteiger partial charge in [-0.05, 0) is 24.7 Å². The van der Waals surface area contributed by atoms with Gasteiger partial charge in [0.15, 0.2) is 0 Å². The highest BCUT2D eigenvalue weighted by atomic mass is 35.5. The first-order chi connectivity index (χ1) is 10.4. The van der Waals surface area contributed by atoms with Crippen LogP contribution in [0.4, 0.5) is 4.79 Å². The van der Waals surface area contributed by atoms with Crippen molar-refractivity contribution in [2.45, 2.75) is 11.7 Å². The number of likely N-dealkylation sites (N-methyl/N-ethyl adjacent to an activating group) is 1. The van der Waals surface area contributed by atoms with E-state index in [-0.39, 0.29) is 26.2 Å². The number of ether oxygens (including phenoxy) is 1. The van der Waals surface area contributed by atoms with E-state index < -0.39 is 17.8 Å². The van der Waals surface area contributed by atoms with Crippen molar-refractivity contribution in [3.8, 4) is 0 Å². The maximum absolute atomic E-state index is 11.2. The van der Waals surface area contributed by atoms with E-state index in [1.54, 1.807) is 25.2 Å². The van der Waals surface area contributed by atoms with E-state index in [1.807, 2.05) is 0 Å². The van der Waals surface area contributed by atoms with E-state index in [0.717, 1.165) is 4.90 Å². The third-order valence-electron chi connectivity index (χ3n) is 3.60. The molecule has 6 nitrogen and oxygen atoms in total. The van der Waals surface area contributed by atoms with Crippen molar-refractivity contribution in [2.24, 2.45) is 0 Å². The summed E-state index contributed by atoms with van der Waals surface area (Å²) < 4.78 is 5.74. The van der Waals surface area contributed by atoms with Crippen molar-refractivity contribution in [2.75, 3.05) is 33.3 Å². The van der Waals surface area contributed by atoms with Crippen LogP contribution in [-0.2, 0) is 4.74 Å². The van der Waals surface area contributed by atoms with Crippen LogP contribution in [0.25, 0.3) is 0 Å². The molecule has 1 amide bonds. The molecular formula is C14H18Cl2N2O4. The predicted molar refractivity (Wildman–Crippen MR) is 83.6 cm³/mol. The second-order valence-electron chi connectivity index (χ2n) is 5.26. The second kappa shape index (κ2) is 7.02. The van der Waals surface area contributed by atoms with Gasteiger partial charge in [0, 0.05) is 13.1 Å². The van der Waals surface area contributed by atoms with Gasteiger partial charge in [0.25, 0.3) is 0 Å². The van der Waals surface area contributed by atoms with Crippen LogP contribution < -0.4 is 5.32 Å². The molecule has 0 aromatic heterocycles. The first kappa shape index (κ1) is 17.3. The monoisotopic (exact) mass is 348 g/mol. The van der Waals surface area contributed by atoms with Gasteiger partial charge >= 0.3 is 6.09 Å². The van der Waals surface area contributed by atoms with Crippen molar-refractivity contribution >= 4 is 29.3 Å². The Morgan fingerprint density at radius 1 is 1.50 bits per heavy atom. The Morgan fingerprint density at radius 3 is 2.82 bits per heavy atom. The minimum Gasteiger partial charge on any atom is -0.465 e. The number of rotatable bonds is 3. The highest BCUT2D eigenvalue weighted by Crippen LogP contribution is 2.35. The number of halogens is 2. The molecule has 0 spiro atoms. The number of amides is 1. The maximum atomic E-state index is 11.2. The molecule has 8 heteroatoms. The van der Waals surface area contributed by atoms with Crippen LogP contribution in [0.2, 0.25) is 10.0 Å². The van der Waals surface area contributed by atoms with Crippen molar-refractivity contribution in [1.29, 1.82) is 0 Å². The lowest BCUT2D eigenvalue weighted by Gasteiger charge is -2.36. The maximum Gasteiger partial charge on any atom is 0.407 e. The predicted octanol–water partition coefficient (Wildman–Crippen LogP) is 2.00. The number of hydrogen-bond acceptors (Lipinski definition) is 4. The first-order valence-corrected chi connectivity index (χ1v) is 7.54. The summed E-state index contributed by atoms with van der Waals surface area (Å²) in [4.78, 5) is 12.4. The fourth-order valence-electron chi connectivity index (χ4n) is 2.63. The zero-order chi connectivity index (χ0) is 16.3. The number of aliphatic hydroxyl groups is 1. The fourth-order valence-corrected chi connectivity index (χ4v) is 2.93. The van der Waals surface area contributed by atoms with Crippen LogP contribution in [0.1, 0.15) is 11.7 Å². The minimum atomic E-state index is -1.42. The lowest BCUT2D eigenvalue weighted by Crippen LogP contribution is -2.53. The molecule has 1 aliphatic rings. The molecule has 0 radical (unpaired) electrons. The van der Waals surface area contributed by atoms with Crippen LogP contribution >= 0.6 is 23.2 Å². The van der Waals surface area contributed by atoms with Gasteiger partial charge in [-0.25, -0.2) is 4.79 Å². The summed E-state index contributed by atoms with van der Waals surface area (Å²) in [5.74, 6) is 0. The van der Waals surface area contributed by atoms with Gasteiger partial charge in [0.2, 0.25) is 0 Å². The van der Waals surface area contributed by atoms with Gasteiger partial charge in [-0.1, -0.05) is 29.3 Å². The summed E-state index contributed by atoms with van der Waals surface area (Å²) in [6.45, 7) is 0.484. The SMILES string of the molecule is CNC[C@@]1(O)CN(C(=O)O)CCO[C@@H]1c1ccc(Cl)c(Cl)c1. The van der Waals surface area contributed by atoms with Crippen LogP contribution in [0.15, 0.2) is 18.2 Å². The van der Waals surface area contributed by atoms with Gasteiger partial charge in [0.05, 0.1) is 23.2 Å². The summed E-state index contributed by atoms with van der Waals surface area (Å²) in [7, 11) is 1.68. The molecule has 1 aromatic rings. The number of nitrogens with zero attached hydrogens (tertiary/aromatic N) is 1. The highest BCUT2D eigenvalue weighted by Gasteiger charge is 2.43. The van der Waals surface area contributed by atoms with Crippen LogP contribution in [0.3, 0.4) is 0 Å². The number of hydrogen-bond donors (Lipinski definition) is 3. The van der Waals surface area contributed by atoms with Crippen LogP contribution in [-0.4, -0.2) is 60.1 Å². The van der Waals surface area contributed by atoms with E-state index in [4.69, 9.17) is 27.9 Å². The third kappa shape index (κ3) is 3.64. The lowest BCUT2D eigenvalue weighted by atomic mass is 9.90. The molecule has 3 N–H and O–H groups in total. The molecule has 0 saturated carbocycles. The molecule has 0 unspecified atom stereocenters. The quantitative estimate of drug-likeness (QED) is 0.778. The van der Waals surface area contributed by atoms with Gasteiger partial charge in [-0.15, -0.1) is 0 Å². The molecule has 2 atom stereocenters. The smallest absolute Gasteiger partial charge is 0.407 e. The average Bonchev–Trinajstić information content (AvgIpc) is 2.62. The third-order valence-corrected chi connectivity index (χ3v) is 4.34. The Balaban J connectivity index is 2.37. The first-order valence-electron chi connectivity index (χ1n) is 6.79. The van der Waals surface area contributed by atoms with Crippen molar-refractivity contribution in [1.82, 2.24) is 10.2 Å². The summed E-state index contributed by atoms with van der Waals surface area (Å²) in [5.41, 5.74) is -0.764. The minimum absolute atomic E-state index is 0.0614. The van der Waals surface area contributed by atoms with E-state index >= 15 is 0 Å². The number of nitrogens with one attached hydrogen (secondary N) is 1. The summed E-state index contributed by atoms with van der Waals surface area (Å²) >= 11 is 11.9. The summed E-state index contributed by atoms with van der Waals surface area (Å²) in [6.07, 6.45) is -1.80. The number of carboxylic acid groups (broad SMARTS) is 1. The fraction of sp³-hybridized carbons (Fsp3) is 0.500. The molecule has 1 fully saturated rings. The van der Waals surface area contributed by atoms with Gasteiger partial charge in [-0.2, -0.15) is 0 Å². The van der Waals surface area contributed by atoms with Crippen molar-refractivity contribution < 1.29 is 19.7 Å². The van der Waals surface area contributed by atoms with Gasteiger partial charge in [-0.3, -0.25) is 0 Å². The summed E-state index contributed by atoms with van der Waals surface area (Å²) in [6, 6.07) is 4.98. The largest absolute Gasteiger partial charge is 0.465 e. The zero-order valence-electron chi connectivity index (χ0n) is 12.1. The Morgan fingerprint density at radius 2 is 2.23 bits per heavy atom. The molecule has 22 heavy (non-hydrogen) atoms. The van der Waals surface area contributed by atoms with E-state index in [0.29, 0.717) is 15.6 Å². The zero-order valence-corrected chi connectivity index (χ0v) is 13.6. The van der Waals surface area contributed by atoms with Gasteiger partial charge < -0.3 is 25.2 Å². The molecule has 0 bridgehead atoms. The molecule has 2 rings (SSSR count). The average molecular weight is 349 g/mol. The van der Waals surface area contributed by atoms with Crippen molar-refractivity contribution in [3.63, 3.8) is 0 Å². The molecule has 1 saturated heterocycles. The molecule has 122 valence electrons. The van der Waals surface area contributed by atoms with E-state index in [2.05, 4.69) is 5.32 Å². The van der Waals surface area contributed by atoms with Crippen LogP contribution in [0, 0.1) is 0 Å². The van der Waals surface area contributed by atoms with Crippen molar-refractivity contribution in [3.05, 3.63) is 33.8 Å². The van der Waals surface area contributed by atoms with Gasteiger partial charge in [0.1, 0.15) is 11.7 Å². The standard InChI is InChI=1S/C14H18Cl2N2O4/c1-17-7-14(21)8-18(13(19)20)4-5-22-12(14)9-2-3-10(15)11(16)6-9/h2-3,6,12,17,21H,4-5,7-8H2,1H3,(H,19,20)/t12-,14-/m1/s1. The Hall–Kier alpha value is -1.05. The van der Waals surface area contributed by atoms with E-state index in [1.165, 1.54) is 0 Å². The molecule has 1 heterocycles. The second-order valence-corrected chi connectivity index (χ2v) is 6.08. The molecular weight excluding hydrogens is 331 g/mol. The molecule has 1 aromatic carbocycles.